The van der Waals surface area contributed by atoms with Crippen LogP contribution >= 0.6 is 11.6 Å². The number of nitrogens with zero attached hydrogens (tertiary/aromatic N) is 1. The van der Waals surface area contributed by atoms with E-state index >= 15 is 0 Å². The van der Waals surface area contributed by atoms with Crippen molar-refractivity contribution in [3.8, 4) is 28.3 Å². The van der Waals surface area contributed by atoms with Gasteiger partial charge in [0.1, 0.15) is 17.4 Å². The van der Waals surface area contributed by atoms with E-state index in [1.165, 1.54) is 19.2 Å². The molecule has 0 N–H and O–H groups in total. The number of hydrogen-bond acceptors (Lipinski definition) is 2. The van der Waals surface area contributed by atoms with E-state index in [1.54, 1.807) is 18.2 Å². The highest BCUT2D eigenvalue weighted by atomic mass is 35.5. The lowest BCUT2D eigenvalue weighted by Gasteiger charge is -2.10. The van der Waals surface area contributed by atoms with E-state index in [9.17, 15) is 8.78 Å². The molecule has 0 radical (unpaired) electrons. The molecule has 0 aliphatic heterocycles. The molecular weight excluding hydrogens is 320 g/mol. The molecule has 0 bridgehead atoms. The highest BCUT2D eigenvalue weighted by Crippen LogP contribution is 2.32. The Labute approximate surface area is 137 Å². The highest BCUT2D eigenvalue weighted by molar-refractivity contribution is 6.33. The Morgan fingerprint density at radius 2 is 1.61 bits per heavy atom. The summed E-state index contributed by atoms with van der Waals surface area (Å²) >= 11 is 6.20. The highest BCUT2D eigenvalue weighted by Gasteiger charge is 2.13. The molecule has 1 heterocycles. The summed E-state index contributed by atoms with van der Waals surface area (Å²) in [6.45, 7) is 0. The Morgan fingerprint density at radius 3 is 2.26 bits per heavy atom. The summed E-state index contributed by atoms with van der Waals surface area (Å²) in [6, 6.07) is 13.9. The zero-order valence-corrected chi connectivity index (χ0v) is 12.9. The first-order valence-electron chi connectivity index (χ1n) is 6.85. The lowest BCUT2D eigenvalue weighted by atomic mass is 10.1. The van der Waals surface area contributed by atoms with Gasteiger partial charge in [-0.25, -0.2) is 13.8 Å². The largest absolute Gasteiger partial charge is 0.497 e. The molecule has 0 atom stereocenters. The fraction of sp³-hybridized carbons (Fsp3) is 0.0556. The normalized spacial score (nSPS) is 10.6. The number of benzene rings is 2. The first kappa shape index (κ1) is 15.4. The van der Waals surface area contributed by atoms with Crippen molar-refractivity contribution in [1.82, 2.24) is 4.98 Å². The van der Waals surface area contributed by atoms with Crippen LogP contribution in [0, 0.1) is 11.6 Å². The van der Waals surface area contributed by atoms with Crippen LogP contribution in [0.3, 0.4) is 0 Å². The van der Waals surface area contributed by atoms with Crippen molar-refractivity contribution in [2.75, 3.05) is 7.11 Å². The van der Waals surface area contributed by atoms with E-state index in [1.807, 2.05) is 18.2 Å². The molecule has 0 aliphatic rings. The van der Waals surface area contributed by atoms with E-state index in [-0.39, 0.29) is 5.56 Å². The number of pyridine rings is 1. The minimum atomic E-state index is -0.684. The van der Waals surface area contributed by atoms with Crippen molar-refractivity contribution < 1.29 is 13.5 Å². The van der Waals surface area contributed by atoms with E-state index in [4.69, 9.17) is 16.3 Å². The standard InChI is InChI=1S/C18H12ClF2NO/c1-23-12-9-17(13-4-2-3-5-15(13)19)22-18(10-12)14-7-6-11(20)8-16(14)21/h2-10H,1H3. The predicted molar refractivity (Wildman–Crippen MR) is 86.6 cm³/mol. The molecule has 0 spiro atoms. The average molecular weight is 332 g/mol. The first-order chi connectivity index (χ1) is 11.1. The van der Waals surface area contributed by atoms with Gasteiger partial charge in [0.25, 0.3) is 0 Å². The smallest absolute Gasteiger partial charge is 0.135 e. The number of ether oxygens (including phenoxy) is 1. The molecule has 3 rings (SSSR count). The van der Waals surface area contributed by atoms with Crippen LogP contribution in [0.2, 0.25) is 5.02 Å². The molecule has 0 unspecified atom stereocenters. The second-order valence-electron chi connectivity index (χ2n) is 4.88. The second kappa shape index (κ2) is 6.34. The van der Waals surface area contributed by atoms with Gasteiger partial charge >= 0.3 is 0 Å². The van der Waals surface area contributed by atoms with Crippen LogP contribution < -0.4 is 4.74 Å². The summed E-state index contributed by atoms with van der Waals surface area (Å²) in [4.78, 5) is 4.45. The molecule has 0 amide bonds. The fourth-order valence-corrected chi connectivity index (χ4v) is 2.50. The third kappa shape index (κ3) is 3.17. The molecule has 23 heavy (non-hydrogen) atoms. The van der Waals surface area contributed by atoms with Gasteiger partial charge in [-0.05, 0) is 18.2 Å². The van der Waals surface area contributed by atoms with Gasteiger partial charge < -0.3 is 4.74 Å². The van der Waals surface area contributed by atoms with Crippen molar-refractivity contribution in [2.45, 2.75) is 0 Å². The van der Waals surface area contributed by atoms with Crippen molar-refractivity contribution in [2.24, 2.45) is 0 Å². The number of rotatable bonds is 3. The summed E-state index contributed by atoms with van der Waals surface area (Å²) in [5, 5.41) is 0.527. The van der Waals surface area contributed by atoms with Crippen LogP contribution in [0.15, 0.2) is 54.6 Å². The topological polar surface area (TPSA) is 22.1 Å². The van der Waals surface area contributed by atoms with Crippen LogP contribution in [-0.2, 0) is 0 Å². The van der Waals surface area contributed by atoms with E-state index in [2.05, 4.69) is 4.98 Å². The van der Waals surface area contributed by atoms with Crippen LogP contribution in [0.5, 0.6) is 5.75 Å². The molecule has 5 heteroatoms. The van der Waals surface area contributed by atoms with E-state index in [0.717, 1.165) is 6.07 Å². The summed E-state index contributed by atoms with van der Waals surface area (Å²) in [5.41, 5.74) is 1.79. The maximum absolute atomic E-state index is 14.0. The van der Waals surface area contributed by atoms with E-state index in [0.29, 0.717) is 27.7 Å². The average Bonchev–Trinajstić information content (AvgIpc) is 2.54. The third-order valence-electron chi connectivity index (χ3n) is 3.39. The van der Waals surface area contributed by atoms with Gasteiger partial charge in [-0.3, -0.25) is 0 Å². The van der Waals surface area contributed by atoms with Crippen LogP contribution in [0.25, 0.3) is 22.5 Å². The van der Waals surface area contributed by atoms with Gasteiger partial charge in [-0.15, -0.1) is 0 Å². The van der Waals surface area contributed by atoms with Crippen molar-refractivity contribution in [3.05, 3.63) is 71.3 Å². The SMILES string of the molecule is COc1cc(-c2ccc(F)cc2F)nc(-c2ccccc2Cl)c1. The predicted octanol–water partition coefficient (Wildman–Crippen LogP) is 5.36. The quantitative estimate of drug-likeness (QED) is 0.645. The summed E-state index contributed by atoms with van der Waals surface area (Å²) in [5.74, 6) is -0.815. The number of methoxy groups -OCH3 is 1. The second-order valence-corrected chi connectivity index (χ2v) is 5.29. The maximum Gasteiger partial charge on any atom is 0.135 e. The van der Waals surface area contributed by atoms with Crippen LogP contribution in [0.4, 0.5) is 8.78 Å². The Hall–Kier alpha value is -2.46. The lowest BCUT2D eigenvalue weighted by molar-refractivity contribution is 0.414. The minimum Gasteiger partial charge on any atom is -0.497 e. The third-order valence-corrected chi connectivity index (χ3v) is 3.72. The van der Waals surface area contributed by atoms with Gasteiger partial charge in [0.15, 0.2) is 0 Å². The van der Waals surface area contributed by atoms with Gasteiger partial charge in [0, 0.05) is 34.3 Å². The van der Waals surface area contributed by atoms with Crippen LogP contribution in [-0.4, -0.2) is 12.1 Å². The fourth-order valence-electron chi connectivity index (χ4n) is 2.27. The molecule has 1 aromatic heterocycles. The van der Waals surface area contributed by atoms with Gasteiger partial charge in [0.05, 0.1) is 18.5 Å². The van der Waals surface area contributed by atoms with E-state index < -0.39 is 11.6 Å². The summed E-state index contributed by atoms with van der Waals surface area (Å²) < 4.78 is 32.4. The van der Waals surface area contributed by atoms with Crippen molar-refractivity contribution in [1.29, 1.82) is 0 Å². The van der Waals surface area contributed by atoms with Crippen LogP contribution in [0.1, 0.15) is 0 Å². The van der Waals surface area contributed by atoms with Crippen molar-refractivity contribution in [3.63, 3.8) is 0 Å². The maximum atomic E-state index is 14.0. The van der Waals surface area contributed by atoms with Gasteiger partial charge in [0.2, 0.25) is 0 Å². The molecule has 116 valence electrons. The number of aromatic nitrogens is 1. The first-order valence-corrected chi connectivity index (χ1v) is 7.22. The monoisotopic (exact) mass is 331 g/mol. The molecule has 2 nitrogen and oxygen atoms in total. The van der Waals surface area contributed by atoms with Crippen molar-refractivity contribution >= 4 is 11.6 Å². The van der Waals surface area contributed by atoms with Gasteiger partial charge in [-0.2, -0.15) is 0 Å². The molecule has 2 aromatic carbocycles. The zero-order valence-electron chi connectivity index (χ0n) is 12.2. The number of halogens is 3. The summed E-state index contributed by atoms with van der Waals surface area (Å²) in [7, 11) is 1.51. The molecule has 0 saturated carbocycles. The minimum absolute atomic E-state index is 0.193. The molecule has 0 aliphatic carbocycles. The molecule has 3 aromatic rings. The van der Waals surface area contributed by atoms with Gasteiger partial charge in [-0.1, -0.05) is 29.8 Å². The Balaban J connectivity index is 2.19. The lowest BCUT2D eigenvalue weighted by Crippen LogP contribution is -1.94. The zero-order chi connectivity index (χ0) is 16.4. The molecule has 0 saturated heterocycles. The summed E-state index contributed by atoms with van der Waals surface area (Å²) in [6.07, 6.45) is 0. The number of hydrogen-bond donors (Lipinski definition) is 0. The Kier molecular flexibility index (Phi) is 4.26. The Morgan fingerprint density at radius 1 is 0.913 bits per heavy atom. The molecule has 0 fully saturated rings. The molecular formula is C18H12ClF2NO. The Bertz CT molecular complexity index is 867.